The van der Waals surface area contributed by atoms with Crippen LogP contribution in [-0.2, 0) is 11.3 Å². The van der Waals surface area contributed by atoms with Crippen LogP contribution in [0, 0.1) is 13.8 Å². The first-order valence-corrected chi connectivity index (χ1v) is 5.01. The zero-order valence-electron chi connectivity index (χ0n) is 8.23. The van der Waals surface area contributed by atoms with Gasteiger partial charge in [-0.25, -0.2) is 0 Å². The van der Waals surface area contributed by atoms with Gasteiger partial charge in [0.15, 0.2) is 0 Å². The molecule has 0 unspecified atom stereocenters. The fraction of sp³-hybridized carbons (Fsp3) is 0.625. The summed E-state index contributed by atoms with van der Waals surface area (Å²) in [5.74, 6) is 0. The minimum absolute atomic E-state index is 0.0811. The third-order valence-corrected chi connectivity index (χ3v) is 3.01. The quantitative estimate of drug-likeness (QED) is 0.854. The van der Waals surface area contributed by atoms with Gasteiger partial charge in [-0.2, -0.15) is 5.10 Å². The molecular formula is C8H10BrF3N2O. The number of hydrogen-bond acceptors (Lipinski definition) is 2. The maximum Gasteiger partial charge on any atom is 0.522 e. The van der Waals surface area contributed by atoms with Crippen LogP contribution in [0.2, 0.25) is 0 Å². The molecule has 0 atom stereocenters. The SMILES string of the molecule is Cc1nn(CCOC(F)(F)F)c(C)c1Br. The topological polar surface area (TPSA) is 27.1 Å². The summed E-state index contributed by atoms with van der Waals surface area (Å²) in [4.78, 5) is 0. The van der Waals surface area contributed by atoms with Crippen LogP contribution >= 0.6 is 15.9 Å². The zero-order valence-corrected chi connectivity index (χ0v) is 9.81. The molecule has 0 fully saturated rings. The molecule has 86 valence electrons. The van der Waals surface area contributed by atoms with E-state index in [4.69, 9.17) is 0 Å². The lowest BCUT2D eigenvalue weighted by Crippen LogP contribution is -2.18. The molecule has 1 heterocycles. The third-order valence-electron chi connectivity index (χ3n) is 1.86. The van der Waals surface area contributed by atoms with Crippen LogP contribution in [0.1, 0.15) is 11.4 Å². The van der Waals surface area contributed by atoms with Crippen LogP contribution in [0.25, 0.3) is 0 Å². The van der Waals surface area contributed by atoms with Gasteiger partial charge in [-0.05, 0) is 29.8 Å². The molecule has 0 saturated heterocycles. The maximum absolute atomic E-state index is 11.7. The Labute approximate surface area is 93.3 Å². The maximum atomic E-state index is 11.7. The number of rotatable bonds is 3. The molecule has 0 aromatic carbocycles. The minimum atomic E-state index is -4.58. The molecule has 7 heteroatoms. The van der Waals surface area contributed by atoms with E-state index in [9.17, 15) is 13.2 Å². The average molecular weight is 287 g/mol. The van der Waals surface area contributed by atoms with E-state index < -0.39 is 13.0 Å². The number of alkyl halides is 3. The average Bonchev–Trinajstić information content (AvgIpc) is 2.32. The van der Waals surface area contributed by atoms with Crippen molar-refractivity contribution < 1.29 is 17.9 Å². The van der Waals surface area contributed by atoms with Crippen LogP contribution < -0.4 is 0 Å². The van der Waals surface area contributed by atoms with Crippen LogP contribution in [0.5, 0.6) is 0 Å². The standard InChI is InChI=1S/C8H10BrF3N2O/c1-5-7(9)6(2)14(13-5)3-4-15-8(10,11)12/h3-4H2,1-2H3. The van der Waals surface area contributed by atoms with Crippen molar-refractivity contribution in [1.29, 1.82) is 0 Å². The van der Waals surface area contributed by atoms with Gasteiger partial charge in [0.1, 0.15) is 0 Å². The summed E-state index contributed by atoms with van der Waals surface area (Å²) in [6.45, 7) is 3.20. The molecule has 0 aliphatic rings. The van der Waals surface area contributed by atoms with Crippen molar-refractivity contribution in [2.75, 3.05) is 6.61 Å². The molecule has 0 aliphatic heterocycles. The Kier molecular flexibility index (Phi) is 3.77. The van der Waals surface area contributed by atoms with Gasteiger partial charge in [-0.3, -0.25) is 9.42 Å². The van der Waals surface area contributed by atoms with E-state index in [0.717, 1.165) is 15.9 Å². The van der Waals surface area contributed by atoms with Gasteiger partial charge in [0.05, 0.1) is 23.3 Å². The summed E-state index contributed by atoms with van der Waals surface area (Å²) < 4.78 is 41.0. The molecule has 1 aromatic heterocycles. The Balaban J connectivity index is 2.55. The molecule has 3 nitrogen and oxygen atoms in total. The fourth-order valence-corrected chi connectivity index (χ4v) is 1.42. The van der Waals surface area contributed by atoms with Gasteiger partial charge < -0.3 is 0 Å². The minimum Gasteiger partial charge on any atom is -0.290 e. The monoisotopic (exact) mass is 286 g/mol. The lowest BCUT2D eigenvalue weighted by molar-refractivity contribution is -0.325. The van der Waals surface area contributed by atoms with E-state index in [1.165, 1.54) is 4.68 Å². The Morgan fingerprint density at radius 3 is 2.40 bits per heavy atom. The number of hydrogen-bond donors (Lipinski definition) is 0. The molecule has 1 rings (SSSR count). The van der Waals surface area contributed by atoms with Crippen molar-refractivity contribution in [3.05, 3.63) is 15.9 Å². The predicted molar refractivity (Wildman–Crippen MR) is 51.4 cm³/mol. The van der Waals surface area contributed by atoms with Crippen LogP contribution in [0.15, 0.2) is 4.47 Å². The Morgan fingerprint density at radius 2 is 2.00 bits per heavy atom. The summed E-state index contributed by atoms with van der Waals surface area (Å²) in [6.07, 6.45) is -4.58. The molecule has 0 radical (unpaired) electrons. The lowest BCUT2D eigenvalue weighted by atomic mass is 10.4. The predicted octanol–water partition coefficient (Wildman–Crippen LogP) is 2.80. The zero-order chi connectivity index (χ0) is 11.6. The highest BCUT2D eigenvalue weighted by atomic mass is 79.9. The molecular weight excluding hydrogens is 277 g/mol. The van der Waals surface area contributed by atoms with E-state index in [2.05, 4.69) is 25.8 Å². The number of halogens is 4. The first-order chi connectivity index (χ1) is 6.81. The molecule has 0 saturated carbocycles. The van der Waals surface area contributed by atoms with Crippen molar-refractivity contribution in [2.45, 2.75) is 26.8 Å². The van der Waals surface area contributed by atoms with Gasteiger partial charge in [0, 0.05) is 5.69 Å². The summed E-state index contributed by atoms with van der Waals surface area (Å²) in [5, 5.41) is 4.05. The Hall–Kier alpha value is -0.560. The highest BCUT2D eigenvalue weighted by molar-refractivity contribution is 9.10. The highest BCUT2D eigenvalue weighted by Gasteiger charge is 2.28. The smallest absolute Gasteiger partial charge is 0.290 e. The highest BCUT2D eigenvalue weighted by Crippen LogP contribution is 2.20. The molecule has 0 N–H and O–H groups in total. The van der Waals surface area contributed by atoms with Gasteiger partial charge in [-0.1, -0.05) is 0 Å². The van der Waals surface area contributed by atoms with E-state index in [-0.39, 0.29) is 6.54 Å². The van der Waals surface area contributed by atoms with E-state index >= 15 is 0 Å². The van der Waals surface area contributed by atoms with Gasteiger partial charge >= 0.3 is 6.36 Å². The van der Waals surface area contributed by atoms with Crippen LogP contribution in [0.3, 0.4) is 0 Å². The van der Waals surface area contributed by atoms with Gasteiger partial charge in [-0.15, -0.1) is 13.2 Å². The normalized spacial score (nSPS) is 12.1. The van der Waals surface area contributed by atoms with Gasteiger partial charge in [0.2, 0.25) is 0 Å². The molecule has 1 aromatic rings. The molecule has 15 heavy (non-hydrogen) atoms. The van der Waals surface area contributed by atoms with Crippen molar-refractivity contribution >= 4 is 15.9 Å². The second-order valence-corrected chi connectivity index (χ2v) is 3.80. The van der Waals surface area contributed by atoms with Crippen LogP contribution in [0.4, 0.5) is 13.2 Å². The Morgan fingerprint density at radius 1 is 1.40 bits per heavy atom. The fourth-order valence-electron chi connectivity index (χ4n) is 1.14. The summed E-state index contributed by atoms with van der Waals surface area (Å²) >= 11 is 3.28. The number of aryl methyl sites for hydroxylation is 1. The number of ether oxygens (including phenoxy) is 1. The second kappa shape index (κ2) is 4.52. The molecule has 0 spiro atoms. The molecule has 0 aliphatic carbocycles. The molecule has 0 amide bonds. The van der Waals surface area contributed by atoms with Gasteiger partial charge in [0.25, 0.3) is 0 Å². The first kappa shape index (κ1) is 12.5. The number of nitrogens with zero attached hydrogens (tertiary/aromatic N) is 2. The summed E-state index contributed by atoms with van der Waals surface area (Å²) in [5.41, 5.74) is 1.54. The van der Waals surface area contributed by atoms with Crippen molar-refractivity contribution in [3.8, 4) is 0 Å². The van der Waals surface area contributed by atoms with Crippen molar-refractivity contribution in [3.63, 3.8) is 0 Å². The van der Waals surface area contributed by atoms with E-state index in [1.807, 2.05) is 0 Å². The summed E-state index contributed by atoms with van der Waals surface area (Å²) in [7, 11) is 0. The number of aromatic nitrogens is 2. The third kappa shape index (κ3) is 3.49. The van der Waals surface area contributed by atoms with Crippen molar-refractivity contribution in [1.82, 2.24) is 9.78 Å². The van der Waals surface area contributed by atoms with Crippen LogP contribution in [-0.4, -0.2) is 22.7 Å². The van der Waals surface area contributed by atoms with E-state index in [0.29, 0.717) is 0 Å². The summed E-state index contributed by atoms with van der Waals surface area (Å²) in [6, 6.07) is 0. The van der Waals surface area contributed by atoms with E-state index in [1.54, 1.807) is 13.8 Å². The molecule has 0 bridgehead atoms. The second-order valence-electron chi connectivity index (χ2n) is 3.00. The Bertz CT molecular complexity index is 348. The first-order valence-electron chi connectivity index (χ1n) is 4.21. The van der Waals surface area contributed by atoms with Crippen molar-refractivity contribution in [2.24, 2.45) is 0 Å². The lowest BCUT2D eigenvalue weighted by Gasteiger charge is -2.08. The largest absolute Gasteiger partial charge is 0.522 e.